The number of amides is 1. The molecule has 0 saturated carbocycles. The Kier molecular flexibility index (Phi) is 29.5. The second kappa shape index (κ2) is 31.0. The van der Waals surface area contributed by atoms with Crippen molar-refractivity contribution in [1.29, 1.82) is 0 Å². The van der Waals surface area contributed by atoms with Gasteiger partial charge in [-0.1, -0.05) is 108 Å². The molecule has 11 nitrogen and oxygen atoms in total. The molecule has 0 rings (SSSR count). The number of aliphatic hydroxyl groups is 1. The number of aliphatic hydroxyl groups excluding tert-OH is 1. The average molecular weight is 688 g/mol. The molecule has 12 heteroatoms. The molecule has 0 spiro atoms. The van der Waals surface area contributed by atoms with E-state index in [4.69, 9.17) is 4.74 Å². The van der Waals surface area contributed by atoms with E-state index >= 15 is 0 Å². The summed E-state index contributed by atoms with van der Waals surface area (Å²) in [5.41, 5.74) is 0. The van der Waals surface area contributed by atoms with E-state index in [9.17, 15) is 34.1 Å². The summed E-state index contributed by atoms with van der Waals surface area (Å²) in [6.45, 7) is 2.34. The molecule has 0 saturated heterocycles. The molecule has 0 fully saturated rings. The van der Waals surface area contributed by atoms with Crippen LogP contribution in [0, 0.1) is 0 Å². The van der Waals surface area contributed by atoms with E-state index in [1.807, 2.05) is 6.92 Å². The fraction of sp³-hybridized carbons (Fsp3) is 0.743. The summed E-state index contributed by atoms with van der Waals surface area (Å²) < 4.78 is 26.5. The van der Waals surface area contributed by atoms with Crippen molar-refractivity contribution in [2.75, 3.05) is 19.8 Å². The van der Waals surface area contributed by atoms with Crippen molar-refractivity contribution < 1.29 is 47.8 Å². The van der Waals surface area contributed by atoms with Crippen LogP contribution in [0.15, 0.2) is 36.5 Å². The van der Waals surface area contributed by atoms with Crippen LogP contribution in [0.5, 0.6) is 0 Å². The Morgan fingerprint density at radius 2 is 1.17 bits per heavy atom. The fourth-order valence-electron chi connectivity index (χ4n) is 4.38. The highest BCUT2D eigenvalue weighted by Gasteiger charge is 2.28. The summed E-state index contributed by atoms with van der Waals surface area (Å²) >= 11 is 0. The van der Waals surface area contributed by atoms with Gasteiger partial charge in [-0.25, -0.2) is 9.36 Å². The van der Waals surface area contributed by atoms with Gasteiger partial charge >= 0.3 is 19.8 Å². The van der Waals surface area contributed by atoms with E-state index in [-0.39, 0.29) is 12.8 Å². The number of esters is 1. The average Bonchev–Trinajstić information content (AvgIpc) is 3.04. The molecule has 4 N–H and O–H groups in total. The standard InChI is InChI=1S/C35H62NO10P/c1-3-5-7-9-10-11-12-13-14-15-16-17-18-19-20-21-22-23-25-27-34(39)44-28-31(37)29-45-47(42,43)46-30-32(35(40)41)36-33(38)26-24-8-6-4-2/h10-11,13-14,16-17,31-32,37H,3-9,12,15,18-30H2,1-2H3,(H,36,38)(H,40,41)(H,42,43)/b11-10-,14-13-,17-16-. The van der Waals surface area contributed by atoms with Gasteiger partial charge in [0.05, 0.1) is 13.2 Å². The van der Waals surface area contributed by atoms with Gasteiger partial charge in [0.2, 0.25) is 5.91 Å². The summed E-state index contributed by atoms with van der Waals surface area (Å²) in [5.74, 6) is -2.42. The number of carboxylic acids is 1. The third-order valence-corrected chi connectivity index (χ3v) is 8.13. The summed E-state index contributed by atoms with van der Waals surface area (Å²) in [6, 6.07) is -1.54. The maximum atomic E-state index is 12.1. The van der Waals surface area contributed by atoms with Crippen molar-refractivity contribution in [1.82, 2.24) is 5.32 Å². The number of nitrogens with one attached hydrogen (secondary N) is 1. The molecular weight excluding hydrogens is 625 g/mol. The number of unbranched alkanes of at least 4 members (excludes halogenated alkanes) is 12. The highest BCUT2D eigenvalue weighted by atomic mass is 31.2. The van der Waals surface area contributed by atoms with Gasteiger partial charge in [0.15, 0.2) is 6.04 Å². The van der Waals surface area contributed by atoms with Gasteiger partial charge in [-0.05, 0) is 51.4 Å². The van der Waals surface area contributed by atoms with Gasteiger partial charge in [0.1, 0.15) is 12.7 Å². The van der Waals surface area contributed by atoms with Gasteiger partial charge in [-0.15, -0.1) is 0 Å². The number of hydrogen-bond donors (Lipinski definition) is 4. The molecule has 47 heavy (non-hydrogen) atoms. The number of phosphoric ester groups is 1. The van der Waals surface area contributed by atoms with Crippen LogP contribution in [0.3, 0.4) is 0 Å². The fourth-order valence-corrected chi connectivity index (χ4v) is 5.15. The normalized spacial score (nSPS) is 14.5. The molecule has 0 aliphatic heterocycles. The summed E-state index contributed by atoms with van der Waals surface area (Å²) in [5, 5.41) is 21.5. The van der Waals surface area contributed by atoms with Crippen LogP contribution in [0.1, 0.15) is 136 Å². The van der Waals surface area contributed by atoms with E-state index in [2.05, 4.69) is 57.7 Å². The Hall–Kier alpha value is -2.30. The maximum Gasteiger partial charge on any atom is 0.472 e. The lowest BCUT2D eigenvalue weighted by molar-refractivity contribution is -0.147. The SMILES string of the molecule is CCCCC/C=C\C/C=C\C/C=C\CCCCCCCCC(=O)OCC(O)COP(=O)(O)OCC(NC(=O)CCCCCC)C(=O)O. The Balaban J connectivity index is 3.88. The van der Waals surface area contributed by atoms with Gasteiger partial charge in [0, 0.05) is 12.8 Å². The highest BCUT2D eigenvalue weighted by molar-refractivity contribution is 7.47. The van der Waals surface area contributed by atoms with E-state index in [0.717, 1.165) is 70.6 Å². The number of ether oxygens (including phenoxy) is 1. The smallest absolute Gasteiger partial charge is 0.472 e. The predicted octanol–water partition coefficient (Wildman–Crippen LogP) is 7.71. The molecule has 1 amide bonds. The lowest BCUT2D eigenvalue weighted by Gasteiger charge is -2.18. The molecule has 0 heterocycles. The number of rotatable bonds is 32. The zero-order valence-electron chi connectivity index (χ0n) is 28.8. The van der Waals surface area contributed by atoms with Crippen LogP contribution < -0.4 is 5.32 Å². The molecular formula is C35H62NO10P. The van der Waals surface area contributed by atoms with Crippen LogP contribution in [-0.2, 0) is 32.7 Å². The van der Waals surface area contributed by atoms with Gasteiger partial charge in [-0.2, -0.15) is 0 Å². The molecule has 272 valence electrons. The Labute approximate surface area is 282 Å². The second-order valence-electron chi connectivity index (χ2n) is 11.7. The molecule has 0 aliphatic rings. The Bertz CT molecular complexity index is 953. The first-order valence-corrected chi connectivity index (χ1v) is 19.0. The van der Waals surface area contributed by atoms with Crippen molar-refractivity contribution in [3.8, 4) is 0 Å². The van der Waals surface area contributed by atoms with Gasteiger partial charge < -0.3 is 25.2 Å². The third-order valence-electron chi connectivity index (χ3n) is 7.18. The molecule has 0 aromatic heterocycles. The monoisotopic (exact) mass is 687 g/mol. The third kappa shape index (κ3) is 30.8. The van der Waals surface area contributed by atoms with Crippen molar-refractivity contribution in [2.45, 2.75) is 148 Å². The molecule has 0 radical (unpaired) electrons. The van der Waals surface area contributed by atoms with Gasteiger partial charge in [-0.3, -0.25) is 18.6 Å². The minimum absolute atomic E-state index is 0.136. The predicted molar refractivity (Wildman–Crippen MR) is 185 cm³/mol. The molecule has 0 aliphatic carbocycles. The van der Waals surface area contributed by atoms with Crippen molar-refractivity contribution in [3.63, 3.8) is 0 Å². The highest BCUT2D eigenvalue weighted by Crippen LogP contribution is 2.43. The van der Waals surface area contributed by atoms with Crippen LogP contribution in [0.4, 0.5) is 0 Å². The zero-order valence-corrected chi connectivity index (χ0v) is 29.7. The second-order valence-corrected chi connectivity index (χ2v) is 13.2. The molecule has 3 unspecified atom stereocenters. The first kappa shape index (κ1) is 44.7. The van der Waals surface area contributed by atoms with E-state index in [0.29, 0.717) is 12.8 Å². The number of carbonyl (C=O) groups is 3. The number of carboxylic acid groups (broad SMARTS) is 1. The summed E-state index contributed by atoms with van der Waals surface area (Å²) in [7, 11) is -4.73. The number of aliphatic carboxylic acids is 1. The number of carbonyl (C=O) groups excluding carboxylic acids is 2. The molecule has 0 aromatic carbocycles. The minimum atomic E-state index is -4.73. The lowest BCUT2D eigenvalue weighted by atomic mass is 10.1. The van der Waals surface area contributed by atoms with Crippen molar-refractivity contribution in [2.24, 2.45) is 0 Å². The van der Waals surface area contributed by atoms with Crippen LogP contribution in [0.2, 0.25) is 0 Å². The van der Waals surface area contributed by atoms with Gasteiger partial charge in [0.25, 0.3) is 0 Å². The van der Waals surface area contributed by atoms with Crippen molar-refractivity contribution >= 4 is 25.7 Å². The summed E-state index contributed by atoms with van der Waals surface area (Å²) in [6.07, 6.45) is 29.8. The van der Waals surface area contributed by atoms with E-state index in [1.165, 1.54) is 25.7 Å². The van der Waals surface area contributed by atoms with Crippen LogP contribution >= 0.6 is 7.82 Å². The largest absolute Gasteiger partial charge is 0.480 e. The van der Waals surface area contributed by atoms with Crippen LogP contribution in [-0.4, -0.2) is 64.9 Å². The Morgan fingerprint density at radius 3 is 1.79 bits per heavy atom. The molecule has 0 bridgehead atoms. The quantitative estimate of drug-likeness (QED) is 0.0238. The number of phosphoric acid groups is 1. The summed E-state index contributed by atoms with van der Waals surface area (Å²) in [4.78, 5) is 45.1. The van der Waals surface area contributed by atoms with E-state index < -0.39 is 57.6 Å². The maximum absolute atomic E-state index is 12.1. The number of hydrogen-bond acceptors (Lipinski definition) is 8. The zero-order chi connectivity index (χ0) is 35.0. The molecule has 0 aromatic rings. The van der Waals surface area contributed by atoms with Crippen molar-refractivity contribution in [3.05, 3.63) is 36.5 Å². The molecule has 3 atom stereocenters. The van der Waals surface area contributed by atoms with E-state index in [1.54, 1.807) is 0 Å². The first-order chi connectivity index (χ1) is 22.6. The number of allylic oxidation sites excluding steroid dienone is 6. The van der Waals surface area contributed by atoms with Crippen LogP contribution in [0.25, 0.3) is 0 Å². The topological polar surface area (TPSA) is 169 Å². The minimum Gasteiger partial charge on any atom is -0.480 e. The Morgan fingerprint density at radius 1 is 0.681 bits per heavy atom. The first-order valence-electron chi connectivity index (χ1n) is 17.5. The lowest BCUT2D eigenvalue weighted by Crippen LogP contribution is -2.43.